The van der Waals surface area contributed by atoms with Gasteiger partial charge in [-0.2, -0.15) is 0 Å². The molecule has 10 heteroatoms. The van der Waals surface area contributed by atoms with Crippen molar-refractivity contribution in [3.63, 3.8) is 0 Å². The van der Waals surface area contributed by atoms with E-state index in [0.29, 0.717) is 47.0 Å². The maximum atomic E-state index is 12.6. The number of nitrogens with zero attached hydrogens (tertiary/aromatic N) is 4. The lowest BCUT2D eigenvalue weighted by Gasteiger charge is -2.35. The topological polar surface area (TPSA) is 67.8 Å². The summed E-state index contributed by atoms with van der Waals surface area (Å²) in [6.07, 6.45) is 0. The summed E-state index contributed by atoms with van der Waals surface area (Å²) in [7, 11) is 1.63. The zero-order valence-corrected chi connectivity index (χ0v) is 20.1. The van der Waals surface area contributed by atoms with Crippen LogP contribution in [0.5, 0.6) is 11.5 Å². The summed E-state index contributed by atoms with van der Waals surface area (Å²) in [5, 5.41) is 9.67. The Labute approximate surface area is 206 Å². The van der Waals surface area contributed by atoms with Gasteiger partial charge in [0.15, 0.2) is 12.4 Å². The Morgan fingerprint density at radius 1 is 0.909 bits per heavy atom. The van der Waals surface area contributed by atoms with Gasteiger partial charge >= 0.3 is 0 Å². The molecule has 1 fully saturated rings. The fourth-order valence-corrected chi connectivity index (χ4v) is 4.03. The highest BCUT2D eigenvalue weighted by Crippen LogP contribution is 2.33. The molecule has 4 rings (SSSR count). The lowest BCUT2D eigenvalue weighted by Crippen LogP contribution is -2.50. The van der Waals surface area contributed by atoms with Gasteiger partial charge < -0.3 is 19.3 Å². The molecule has 0 aliphatic carbocycles. The first kappa shape index (κ1) is 23.4. The molecular weight excluding hydrogens is 487 g/mol. The van der Waals surface area contributed by atoms with E-state index >= 15 is 0 Å². The zero-order valence-electron chi connectivity index (χ0n) is 17.8. The van der Waals surface area contributed by atoms with Gasteiger partial charge in [-0.15, -0.1) is 10.2 Å². The Hall–Kier alpha value is -2.74. The number of hydrogen-bond acceptors (Lipinski definition) is 6. The molecule has 2 heterocycles. The van der Waals surface area contributed by atoms with Crippen molar-refractivity contribution in [1.82, 2.24) is 15.1 Å². The molecule has 7 nitrogen and oxygen atoms in total. The third-order valence-electron chi connectivity index (χ3n) is 5.32. The molecule has 0 radical (unpaired) electrons. The molecule has 2 aromatic carbocycles. The van der Waals surface area contributed by atoms with Gasteiger partial charge in [0.05, 0.1) is 27.9 Å². The molecule has 0 saturated carbocycles. The van der Waals surface area contributed by atoms with Crippen LogP contribution < -0.4 is 14.4 Å². The minimum Gasteiger partial charge on any atom is -0.497 e. The number of piperazine rings is 1. The molecule has 0 unspecified atom stereocenters. The van der Waals surface area contributed by atoms with E-state index in [4.69, 9.17) is 44.3 Å². The van der Waals surface area contributed by atoms with Crippen molar-refractivity contribution >= 4 is 46.5 Å². The van der Waals surface area contributed by atoms with Gasteiger partial charge in [0.1, 0.15) is 11.5 Å². The molecule has 1 amide bonds. The van der Waals surface area contributed by atoms with E-state index in [1.165, 1.54) is 12.1 Å². The average Bonchev–Trinajstić information content (AvgIpc) is 2.85. The van der Waals surface area contributed by atoms with Crippen LogP contribution in [0.15, 0.2) is 48.5 Å². The van der Waals surface area contributed by atoms with Gasteiger partial charge in [-0.1, -0.05) is 34.8 Å². The summed E-state index contributed by atoms with van der Waals surface area (Å²) in [6, 6.07) is 14.5. The first-order valence-electron chi connectivity index (χ1n) is 10.2. The summed E-state index contributed by atoms with van der Waals surface area (Å²) in [4.78, 5) is 16.4. The molecular formula is C23H21Cl3N4O3. The van der Waals surface area contributed by atoms with Crippen LogP contribution in [0.1, 0.15) is 0 Å². The Bertz CT molecular complexity index is 1120. The summed E-state index contributed by atoms with van der Waals surface area (Å²) in [5.41, 5.74) is 1.75. The van der Waals surface area contributed by atoms with Gasteiger partial charge in [0.25, 0.3) is 5.91 Å². The van der Waals surface area contributed by atoms with Gasteiger partial charge in [0, 0.05) is 37.8 Å². The molecule has 1 aromatic heterocycles. The molecule has 0 N–H and O–H groups in total. The van der Waals surface area contributed by atoms with Crippen LogP contribution in [0.2, 0.25) is 15.1 Å². The first-order chi connectivity index (χ1) is 15.9. The fourth-order valence-electron chi connectivity index (χ4n) is 3.44. The highest BCUT2D eigenvalue weighted by atomic mass is 35.5. The largest absolute Gasteiger partial charge is 0.497 e. The normalized spacial score (nSPS) is 13.7. The van der Waals surface area contributed by atoms with E-state index in [9.17, 15) is 4.79 Å². The van der Waals surface area contributed by atoms with E-state index in [-0.39, 0.29) is 12.5 Å². The second-order valence-electron chi connectivity index (χ2n) is 7.36. The van der Waals surface area contributed by atoms with Crippen molar-refractivity contribution in [2.24, 2.45) is 0 Å². The monoisotopic (exact) mass is 506 g/mol. The van der Waals surface area contributed by atoms with Gasteiger partial charge in [-0.05, 0) is 42.5 Å². The van der Waals surface area contributed by atoms with Crippen LogP contribution in [0.25, 0.3) is 11.3 Å². The molecule has 3 aromatic rings. The Kier molecular flexibility index (Phi) is 7.42. The number of ether oxygens (including phenoxy) is 2. The predicted molar refractivity (Wildman–Crippen MR) is 130 cm³/mol. The van der Waals surface area contributed by atoms with Gasteiger partial charge in [0.2, 0.25) is 0 Å². The SMILES string of the molecule is COc1ccc(-c2ccc(N3CCN(C(=O)COc4cc(Cl)c(Cl)cc4Cl)CC3)nn2)cc1. The number of hydrogen-bond donors (Lipinski definition) is 0. The van der Waals surface area contributed by atoms with E-state index in [0.717, 1.165) is 22.8 Å². The first-order valence-corrected chi connectivity index (χ1v) is 11.4. The Morgan fingerprint density at radius 3 is 2.24 bits per heavy atom. The van der Waals surface area contributed by atoms with Crippen LogP contribution in [-0.4, -0.2) is 60.9 Å². The third-order valence-corrected chi connectivity index (χ3v) is 6.34. The molecule has 1 saturated heterocycles. The van der Waals surface area contributed by atoms with Crippen LogP contribution in [0.3, 0.4) is 0 Å². The highest BCUT2D eigenvalue weighted by molar-refractivity contribution is 6.43. The summed E-state index contributed by atoms with van der Waals surface area (Å²) in [5.74, 6) is 1.77. The number of carbonyl (C=O) groups excluding carboxylic acids is 1. The molecule has 1 aliphatic heterocycles. The quantitative estimate of drug-likeness (QED) is 0.445. The van der Waals surface area contributed by atoms with Crippen LogP contribution >= 0.6 is 34.8 Å². The van der Waals surface area contributed by atoms with Crippen molar-refractivity contribution in [3.05, 3.63) is 63.6 Å². The predicted octanol–water partition coefficient (Wildman–Crippen LogP) is 4.84. The second kappa shape index (κ2) is 10.5. The van der Waals surface area contributed by atoms with Crippen molar-refractivity contribution < 1.29 is 14.3 Å². The maximum Gasteiger partial charge on any atom is 0.260 e. The lowest BCUT2D eigenvalue weighted by molar-refractivity contribution is -0.133. The molecule has 172 valence electrons. The smallest absolute Gasteiger partial charge is 0.260 e. The number of benzene rings is 2. The molecule has 0 spiro atoms. The maximum absolute atomic E-state index is 12.6. The number of anilines is 1. The van der Waals surface area contributed by atoms with Crippen LogP contribution in [-0.2, 0) is 4.79 Å². The minimum atomic E-state index is -0.131. The molecule has 0 bridgehead atoms. The number of carbonyl (C=O) groups is 1. The Balaban J connectivity index is 1.30. The van der Waals surface area contributed by atoms with E-state index in [1.54, 1.807) is 12.0 Å². The standard InChI is InChI=1S/C23H21Cl3N4O3/c1-32-16-4-2-15(3-5-16)20-6-7-22(28-27-20)29-8-10-30(11-9-29)23(31)14-33-21-13-18(25)17(24)12-19(21)26/h2-7,12-13H,8-11,14H2,1H3. The molecule has 33 heavy (non-hydrogen) atoms. The number of methoxy groups -OCH3 is 1. The van der Waals surface area contributed by atoms with E-state index in [2.05, 4.69) is 15.1 Å². The number of aromatic nitrogens is 2. The minimum absolute atomic E-state index is 0.127. The Morgan fingerprint density at radius 2 is 1.61 bits per heavy atom. The van der Waals surface area contributed by atoms with Crippen LogP contribution in [0, 0.1) is 0 Å². The molecule has 1 aliphatic rings. The van der Waals surface area contributed by atoms with Crippen molar-refractivity contribution in [1.29, 1.82) is 0 Å². The van der Waals surface area contributed by atoms with Gasteiger partial charge in [-0.3, -0.25) is 4.79 Å². The number of rotatable bonds is 6. The number of halogens is 3. The lowest BCUT2D eigenvalue weighted by atomic mass is 10.1. The molecule has 0 atom stereocenters. The summed E-state index contributed by atoms with van der Waals surface area (Å²) in [6.45, 7) is 2.28. The summed E-state index contributed by atoms with van der Waals surface area (Å²) < 4.78 is 10.7. The number of amides is 1. The average molecular weight is 508 g/mol. The van der Waals surface area contributed by atoms with E-state index in [1.807, 2.05) is 36.4 Å². The van der Waals surface area contributed by atoms with Gasteiger partial charge in [-0.25, -0.2) is 0 Å². The summed E-state index contributed by atoms with van der Waals surface area (Å²) >= 11 is 18.0. The van der Waals surface area contributed by atoms with Crippen molar-refractivity contribution in [3.8, 4) is 22.8 Å². The van der Waals surface area contributed by atoms with Crippen molar-refractivity contribution in [2.45, 2.75) is 0 Å². The highest BCUT2D eigenvalue weighted by Gasteiger charge is 2.23. The second-order valence-corrected chi connectivity index (χ2v) is 8.58. The van der Waals surface area contributed by atoms with E-state index < -0.39 is 0 Å². The zero-order chi connectivity index (χ0) is 23.4. The third kappa shape index (κ3) is 5.61. The fraction of sp³-hybridized carbons (Fsp3) is 0.261. The van der Waals surface area contributed by atoms with Crippen LogP contribution in [0.4, 0.5) is 5.82 Å². The van der Waals surface area contributed by atoms with Crippen molar-refractivity contribution in [2.75, 3.05) is 44.8 Å².